The molecule has 3 aromatic rings. The summed E-state index contributed by atoms with van der Waals surface area (Å²) < 4.78 is 2.23. The van der Waals surface area contributed by atoms with E-state index in [2.05, 4.69) is 53.3 Å². The number of hydrogen-bond donors (Lipinski definition) is 1. The van der Waals surface area contributed by atoms with Crippen LogP contribution in [0, 0.1) is 13.8 Å². The minimum Gasteiger partial charge on any atom is -0.348 e. The number of hydrogen-bond acceptors (Lipinski definition) is 1. The first kappa shape index (κ1) is 16.5. The van der Waals surface area contributed by atoms with Crippen molar-refractivity contribution in [2.45, 2.75) is 26.4 Å². The standard InChI is InChI=1S/C22H23N3O/c1-16-10-11-19(17(2)15-16)23-22(26)25-14-13-24-12-6-9-20(24)21(25)18-7-4-3-5-8-18/h3-12,15,21H,13-14H2,1-2H3,(H,23,26). The Labute approximate surface area is 154 Å². The number of aromatic nitrogens is 1. The van der Waals surface area contributed by atoms with E-state index in [1.807, 2.05) is 42.2 Å². The van der Waals surface area contributed by atoms with Gasteiger partial charge in [-0.2, -0.15) is 0 Å². The molecule has 2 aromatic carbocycles. The van der Waals surface area contributed by atoms with E-state index in [1.165, 1.54) is 5.56 Å². The molecule has 26 heavy (non-hydrogen) atoms. The second kappa shape index (κ2) is 6.71. The Balaban J connectivity index is 1.67. The first-order valence-electron chi connectivity index (χ1n) is 8.98. The number of rotatable bonds is 2. The van der Waals surface area contributed by atoms with Gasteiger partial charge in [-0.05, 0) is 43.2 Å². The number of carbonyl (C=O) groups excluding carboxylic acids is 1. The molecule has 1 atom stereocenters. The van der Waals surface area contributed by atoms with Gasteiger partial charge in [0.05, 0.1) is 6.04 Å². The summed E-state index contributed by atoms with van der Waals surface area (Å²) in [5.41, 5.74) is 5.42. The van der Waals surface area contributed by atoms with Gasteiger partial charge >= 0.3 is 6.03 Å². The molecule has 0 bridgehead atoms. The van der Waals surface area contributed by atoms with Crippen LogP contribution in [0.5, 0.6) is 0 Å². The van der Waals surface area contributed by atoms with Crippen LogP contribution in [0.15, 0.2) is 66.9 Å². The minimum absolute atomic E-state index is 0.0572. The lowest BCUT2D eigenvalue weighted by molar-refractivity contribution is 0.182. The SMILES string of the molecule is Cc1ccc(NC(=O)N2CCn3cccc3C2c2ccccc2)c(C)c1. The van der Waals surface area contributed by atoms with Crippen LogP contribution in [0.1, 0.15) is 28.4 Å². The summed E-state index contributed by atoms with van der Waals surface area (Å²) in [5.74, 6) is 0. The smallest absolute Gasteiger partial charge is 0.322 e. The van der Waals surface area contributed by atoms with E-state index in [4.69, 9.17) is 0 Å². The van der Waals surface area contributed by atoms with Crippen molar-refractivity contribution in [3.8, 4) is 0 Å². The number of fused-ring (bicyclic) bond motifs is 1. The molecule has 1 N–H and O–H groups in total. The maximum atomic E-state index is 13.1. The van der Waals surface area contributed by atoms with E-state index in [1.54, 1.807) is 0 Å². The lowest BCUT2D eigenvalue weighted by Crippen LogP contribution is -2.44. The number of aryl methyl sites for hydroxylation is 2. The Hall–Kier alpha value is -3.01. The number of nitrogens with zero attached hydrogens (tertiary/aromatic N) is 2. The highest BCUT2D eigenvalue weighted by Crippen LogP contribution is 2.33. The minimum atomic E-state index is -0.0781. The molecule has 0 fully saturated rings. The number of nitrogens with one attached hydrogen (secondary N) is 1. The van der Waals surface area contributed by atoms with Crippen molar-refractivity contribution in [1.29, 1.82) is 0 Å². The first-order chi connectivity index (χ1) is 12.6. The first-order valence-corrected chi connectivity index (χ1v) is 8.98. The quantitative estimate of drug-likeness (QED) is 0.715. The van der Waals surface area contributed by atoms with Crippen LogP contribution in [0.2, 0.25) is 0 Å². The van der Waals surface area contributed by atoms with Gasteiger partial charge in [-0.25, -0.2) is 4.79 Å². The van der Waals surface area contributed by atoms with E-state index in [9.17, 15) is 4.79 Å². The molecule has 1 aliphatic heterocycles. The van der Waals surface area contributed by atoms with E-state index >= 15 is 0 Å². The highest BCUT2D eigenvalue weighted by Gasteiger charge is 2.32. The molecular formula is C22H23N3O. The monoisotopic (exact) mass is 345 g/mol. The molecule has 0 radical (unpaired) electrons. The van der Waals surface area contributed by atoms with Crippen molar-refractivity contribution >= 4 is 11.7 Å². The topological polar surface area (TPSA) is 37.3 Å². The van der Waals surface area contributed by atoms with Gasteiger partial charge < -0.3 is 14.8 Å². The summed E-state index contributed by atoms with van der Waals surface area (Å²) in [6.45, 7) is 5.57. The van der Waals surface area contributed by atoms with Gasteiger partial charge in [0, 0.05) is 30.7 Å². The van der Waals surface area contributed by atoms with Gasteiger partial charge in [0.1, 0.15) is 0 Å². The lowest BCUT2D eigenvalue weighted by Gasteiger charge is -2.37. The van der Waals surface area contributed by atoms with Gasteiger partial charge in [-0.3, -0.25) is 0 Å². The van der Waals surface area contributed by atoms with Crippen molar-refractivity contribution in [3.05, 3.63) is 89.2 Å². The average molecular weight is 345 g/mol. The van der Waals surface area contributed by atoms with Crippen LogP contribution >= 0.6 is 0 Å². The molecule has 2 heterocycles. The molecular weight excluding hydrogens is 322 g/mol. The molecule has 0 saturated carbocycles. The molecule has 4 nitrogen and oxygen atoms in total. The fourth-order valence-electron chi connectivity index (χ4n) is 3.73. The maximum Gasteiger partial charge on any atom is 0.322 e. The van der Waals surface area contributed by atoms with Crippen LogP contribution in [0.25, 0.3) is 0 Å². The Morgan fingerprint density at radius 1 is 1.00 bits per heavy atom. The summed E-state index contributed by atoms with van der Waals surface area (Å²) >= 11 is 0. The summed E-state index contributed by atoms with van der Waals surface area (Å²) in [5, 5.41) is 3.11. The third-order valence-corrected chi connectivity index (χ3v) is 5.04. The number of urea groups is 1. The predicted molar refractivity (Wildman–Crippen MR) is 104 cm³/mol. The number of amides is 2. The van der Waals surface area contributed by atoms with Crippen LogP contribution in [0.3, 0.4) is 0 Å². The average Bonchev–Trinajstić information content (AvgIpc) is 3.12. The zero-order valence-electron chi connectivity index (χ0n) is 15.1. The van der Waals surface area contributed by atoms with Crippen molar-refractivity contribution in [1.82, 2.24) is 9.47 Å². The molecule has 0 spiro atoms. The van der Waals surface area contributed by atoms with Crippen LogP contribution in [-0.4, -0.2) is 22.0 Å². The number of anilines is 1. The molecule has 2 amide bonds. The van der Waals surface area contributed by atoms with Gasteiger partial charge in [0.15, 0.2) is 0 Å². The van der Waals surface area contributed by atoms with Crippen molar-refractivity contribution < 1.29 is 4.79 Å². The summed E-state index contributed by atoms with van der Waals surface area (Å²) in [6, 6.07) is 20.3. The fourth-order valence-corrected chi connectivity index (χ4v) is 3.73. The lowest BCUT2D eigenvalue weighted by atomic mass is 10.0. The Morgan fingerprint density at radius 3 is 2.58 bits per heavy atom. The molecule has 1 unspecified atom stereocenters. The zero-order valence-corrected chi connectivity index (χ0v) is 15.1. The molecule has 4 heteroatoms. The highest BCUT2D eigenvalue weighted by atomic mass is 16.2. The Morgan fingerprint density at radius 2 is 1.81 bits per heavy atom. The zero-order chi connectivity index (χ0) is 18.1. The summed E-state index contributed by atoms with van der Waals surface area (Å²) in [4.78, 5) is 15.1. The normalized spacial score (nSPS) is 16.2. The predicted octanol–water partition coefficient (Wildman–Crippen LogP) is 4.74. The van der Waals surface area contributed by atoms with E-state index < -0.39 is 0 Å². The second-order valence-corrected chi connectivity index (χ2v) is 6.88. The van der Waals surface area contributed by atoms with Crippen LogP contribution in [-0.2, 0) is 6.54 Å². The molecule has 132 valence electrons. The third kappa shape index (κ3) is 2.99. The fraction of sp³-hybridized carbons (Fsp3) is 0.227. The Kier molecular flexibility index (Phi) is 4.25. The largest absolute Gasteiger partial charge is 0.348 e. The van der Waals surface area contributed by atoms with Crippen molar-refractivity contribution in [2.75, 3.05) is 11.9 Å². The van der Waals surface area contributed by atoms with Crippen LogP contribution < -0.4 is 5.32 Å². The number of carbonyl (C=O) groups is 1. The molecule has 0 saturated heterocycles. The van der Waals surface area contributed by atoms with E-state index in [-0.39, 0.29) is 12.1 Å². The third-order valence-electron chi connectivity index (χ3n) is 5.04. The molecule has 1 aliphatic rings. The highest BCUT2D eigenvalue weighted by molar-refractivity contribution is 5.90. The number of benzene rings is 2. The molecule has 0 aliphatic carbocycles. The van der Waals surface area contributed by atoms with Gasteiger partial charge in [-0.1, -0.05) is 48.0 Å². The Bertz CT molecular complexity index is 930. The van der Waals surface area contributed by atoms with Gasteiger partial charge in [0.2, 0.25) is 0 Å². The van der Waals surface area contributed by atoms with E-state index in [0.29, 0.717) is 6.54 Å². The van der Waals surface area contributed by atoms with Crippen molar-refractivity contribution in [3.63, 3.8) is 0 Å². The molecule has 4 rings (SSSR count). The second-order valence-electron chi connectivity index (χ2n) is 6.88. The van der Waals surface area contributed by atoms with Crippen LogP contribution in [0.4, 0.5) is 10.5 Å². The van der Waals surface area contributed by atoms with E-state index in [0.717, 1.165) is 29.1 Å². The van der Waals surface area contributed by atoms with Crippen molar-refractivity contribution in [2.24, 2.45) is 0 Å². The molecule has 1 aromatic heterocycles. The maximum absolute atomic E-state index is 13.1. The summed E-state index contributed by atoms with van der Waals surface area (Å²) in [6.07, 6.45) is 2.09. The van der Waals surface area contributed by atoms with Gasteiger partial charge in [0.25, 0.3) is 0 Å². The van der Waals surface area contributed by atoms with Gasteiger partial charge in [-0.15, -0.1) is 0 Å². The summed E-state index contributed by atoms with van der Waals surface area (Å²) in [7, 11) is 0.